The molecular formula is C21H22N2O5S2. The predicted octanol–water partition coefficient (Wildman–Crippen LogP) is 2.50. The van der Waals surface area contributed by atoms with E-state index in [1.54, 1.807) is 44.2 Å². The normalized spacial score (nSPS) is 12.5. The van der Waals surface area contributed by atoms with Crippen molar-refractivity contribution in [3.8, 4) is 6.07 Å². The lowest BCUT2D eigenvalue weighted by Gasteiger charge is -2.24. The molecule has 158 valence electrons. The Kier molecular flexibility index (Phi) is 6.85. The van der Waals surface area contributed by atoms with E-state index in [9.17, 15) is 21.6 Å². The van der Waals surface area contributed by atoms with Gasteiger partial charge < -0.3 is 5.32 Å². The monoisotopic (exact) mass is 446 g/mol. The van der Waals surface area contributed by atoms with E-state index in [2.05, 4.69) is 5.32 Å². The summed E-state index contributed by atoms with van der Waals surface area (Å²) >= 11 is 0. The molecule has 0 radical (unpaired) electrons. The lowest BCUT2D eigenvalue weighted by molar-refractivity contribution is -0.125. The van der Waals surface area contributed by atoms with Gasteiger partial charge >= 0.3 is 0 Å². The Bertz CT molecular complexity index is 1200. The summed E-state index contributed by atoms with van der Waals surface area (Å²) in [6.07, 6.45) is 2.02. The Hall–Kier alpha value is -2.96. The Balaban J connectivity index is 2.12. The highest BCUT2D eigenvalue weighted by atomic mass is 32.2. The van der Waals surface area contributed by atoms with Gasteiger partial charge in [0.1, 0.15) is 0 Å². The maximum absolute atomic E-state index is 12.7. The summed E-state index contributed by atoms with van der Waals surface area (Å²) in [6.45, 7) is 3.65. The van der Waals surface area contributed by atoms with Gasteiger partial charge in [0.15, 0.2) is 9.84 Å². The molecule has 0 atom stereocenters. The van der Waals surface area contributed by atoms with E-state index in [4.69, 9.17) is 5.26 Å². The van der Waals surface area contributed by atoms with Gasteiger partial charge in [-0.05, 0) is 49.2 Å². The van der Waals surface area contributed by atoms with Crippen LogP contribution in [0.5, 0.6) is 0 Å². The fourth-order valence-corrected chi connectivity index (χ4v) is 4.19. The van der Waals surface area contributed by atoms with Gasteiger partial charge in [-0.15, -0.1) is 0 Å². The number of sulfone groups is 2. The van der Waals surface area contributed by atoms with E-state index in [0.717, 1.165) is 23.3 Å². The molecular weight excluding hydrogens is 424 g/mol. The highest BCUT2D eigenvalue weighted by Gasteiger charge is 2.29. The molecule has 0 heterocycles. The number of rotatable bonds is 7. The van der Waals surface area contributed by atoms with Gasteiger partial charge in [0.05, 0.1) is 21.3 Å². The second-order valence-electron chi connectivity index (χ2n) is 7.23. The molecule has 1 N–H and O–H groups in total. The number of nitrogens with zero attached hydrogens (tertiary/aromatic N) is 1. The molecule has 30 heavy (non-hydrogen) atoms. The van der Waals surface area contributed by atoms with Crippen LogP contribution in [0.15, 0.2) is 69.8 Å². The minimum atomic E-state index is -3.71. The van der Waals surface area contributed by atoms with Crippen LogP contribution < -0.4 is 5.32 Å². The molecule has 1 amide bonds. The van der Waals surface area contributed by atoms with Crippen molar-refractivity contribution in [2.45, 2.75) is 35.6 Å². The van der Waals surface area contributed by atoms with Crippen molar-refractivity contribution in [1.82, 2.24) is 5.32 Å². The molecule has 9 heteroatoms. The standard InChI is InChI=1S/C21H22N2O5S2/c1-21(2,17-7-11-19(12-8-17)30(27,28)14-4-13-22)20(24)23-15-16-5-9-18(10-6-16)29(3,25)26/h4-12,14H,15H2,1-3H3,(H,23,24)/b14-4+. The highest BCUT2D eigenvalue weighted by Crippen LogP contribution is 2.25. The van der Waals surface area contributed by atoms with Crippen LogP contribution in [0.4, 0.5) is 0 Å². The van der Waals surface area contributed by atoms with Gasteiger partial charge in [-0.1, -0.05) is 24.3 Å². The zero-order valence-electron chi connectivity index (χ0n) is 16.8. The van der Waals surface area contributed by atoms with Gasteiger partial charge in [0.2, 0.25) is 15.7 Å². The van der Waals surface area contributed by atoms with E-state index in [0.29, 0.717) is 5.56 Å². The molecule has 0 saturated carbocycles. The zero-order valence-corrected chi connectivity index (χ0v) is 18.4. The molecule has 7 nitrogen and oxygen atoms in total. The second-order valence-corrected chi connectivity index (χ2v) is 11.1. The quantitative estimate of drug-likeness (QED) is 0.652. The van der Waals surface area contributed by atoms with Crippen LogP contribution in [0.1, 0.15) is 25.0 Å². The van der Waals surface area contributed by atoms with Crippen molar-refractivity contribution < 1.29 is 21.6 Å². The van der Waals surface area contributed by atoms with Gasteiger partial charge in [-0.25, -0.2) is 16.8 Å². The lowest BCUT2D eigenvalue weighted by atomic mass is 9.83. The fourth-order valence-electron chi connectivity index (χ4n) is 2.65. The van der Waals surface area contributed by atoms with Crippen LogP contribution in [0.25, 0.3) is 0 Å². The van der Waals surface area contributed by atoms with E-state index in [1.165, 1.54) is 24.3 Å². The Morgan fingerprint density at radius 3 is 2.03 bits per heavy atom. The van der Waals surface area contributed by atoms with Crippen LogP contribution >= 0.6 is 0 Å². The first-order valence-corrected chi connectivity index (χ1v) is 12.3. The number of nitrogens with one attached hydrogen (secondary N) is 1. The smallest absolute Gasteiger partial charge is 0.230 e. The number of carbonyl (C=O) groups is 1. The summed E-state index contributed by atoms with van der Waals surface area (Å²) in [4.78, 5) is 12.9. The number of allylic oxidation sites excluding steroid dienone is 1. The summed E-state index contributed by atoms with van der Waals surface area (Å²) in [5.41, 5.74) is 0.435. The minimum absolute atomic E-state index is 0.0277. The molecule has 0 aromatic heterocycles. The minimum Gasteiger partial charge on any atom is -0.351 e. The molecule has 0 bridgehead atoms. The molecule has 2 aromatic carbocycles. The van der Waals surface area contributed by atoms with E-state index < -0.39 is 25.1 Å². The van der Waals surface area contributed by atoms with Gasteiger partial charge in [0.25, 0.3) is 0 Å². The first kappa shape index (κ1) is 23.3. The van der Waals surface area contributed by atoms with Crippen LogP contribution in [0.2, 0.25) is 0 Å². The van der Waals surface area contributed by atoms with Crippen molar-refractivity contribution in [2.75, 3.05) is 6.26 Å². The van der Waals surface area contributed by atoms with Crippen LogP contribution in [0, 0.1) is 11.3 Å². The maximum Gasteiger partial charge on any atom is 0.230 e. The summed E-state index contributed by atoms with van der Waals surface area (Å²) in [5.74, 6) is -0.269. The van der Waals surface area contributed by atoms with Gasteiger partial charge in [0, 0.05) is 24.3 Å². The number of carbonyl (C=O) groups excluding carboxylic acids is 1. The highest BCUT2D eigenvalue weighted by molar-refractivity contribution is 7.94. The summed E-state index contributed by atoms with van der Waals surface area (Å²) < 4.78 is 47.2. The molecule has 0 aliphatic heterocycles. The molecule has 0 spiro atoms. The third-order valence-electron chi connectivity index (χ3n) is 4.60. The molecule has 0 aliphatic carbocycles. The third kappa shape index (κ3) is 5.55. The van der Waals surface area contributed by atoms with Gasteiger partial charge in [-0.2, -0.15) is 5.26 Å². The van der Waals surface area contributed by atoms with Crippen molar-refractivity contribution in [1.29, 1.82) is 5.26 Å². The summed E-state index contributed by atoms with van der Waals surface area (Å²) in [5, 5.41) is 12.1. The molecule has 0 unspecified atom stereocenters. The van der Waals surface area contributed by atoms with Crippen molar-refractivity contribution in [2.24, 2.45) is 0 Å². The molecule has 2 aromatic rings. The van der Waals surface area contributed by atoms with Gasteiger partial charge in [-0.3, -0.25) is 4.79 Å². The second kappa shape index (κ2) is 8.81. The van der Waals surface area contributed by atoms with Crippen LogP contribution in [-0.4, -0.2) is 29.0 Å². The van der Waals surface area contributed by atoms with Crippen molar-refractivity contribution in [3.63, 3.8) is 0 Å². The SMILES string of the molecule is CC(C)(C(=O)NCc1ccc(S(C)(=O)=O)cc1)c1ccc(S(=O)(=O)/C=C/C#N)cc1. The van der Waals surface area contributed by atoms with Crippen LogP contribution in [0.3, 0.4) is 0 Å². The zero-order chi connectivity index (χ0) is 22.6. The molecule has 0 fully saturated rings. The van der Waals surface area contributed by atoms with Crippen LogP contribution in [-0.2, 0) is 36.4 Å². The largest absolute Gasteiger partial charge is 0.351 e. The molecule has 0 saturated heterocycles. The van der Waals surface area contributed by atoms with E-state index in [1.807, 2.05) is 0 Å². The average Bonchev–Trinajstić information content (AvgIpc) is 2.70. The number of benzene rings is 2. The number of nitriles is 1. The average molecular weight is 447 g/mol. The number of hydrogen-bond acceptors (Lipinski definition) is 6. The lowest BCUT2D eigenvalue weighted by Crippen LogP contribution is -2.39. The summed E-state index contributed by atoms with van der Waals surface area (Å²) in [6, 6.07) is 13.8. The summed E-state index contributed by atoms with van der Waals surface area (Å²) in [7, 11) is -6.99. The predicted molar refractivity (Wildman–Crippen MR) is 113 cm³/mol. The fraction of sp³-hybridized carbons (Fsp3) is 0.238. The maximum atomic E-state index is 12.7. The topological polar surface area (TPSA) is 121 Å². The van der Waals surface area contributed by atoms with Crippen molar-refractivity contribution >= 4 is 25.6 Å². The number of amides is 1. The first-order chi connectivity index (χ1) is 13.9. The van der Waals surface area contributed by atoms with E-state index in [-0.39, 0.29) is 22.2 Å². The molecule has 2 rings (SSSR count). The molecule has 0 aliphatic rings. The van der Waals surface area contributed by atoms with E-state index >= 15 is 0 Å². The Morgan fingerprint density at radius 1 is 1.00 bits per heavy atom. The Morgan fingerprint density at radius 2 is 1.53 bits per heavy atom. The Labute approximate surface area is 176 Å². The van der Waals surface area contributed by atoms with Crippen molar-refractivity contribution in [3.05, 3.63) is 71.1 Å². The third-order valence-corrected chi connectivity index (χ3v) is 7.15. The number of hydrogen-bond donors (Lipinski definition) is 1. The first-order valence-electron chi connectivity index (χ1n) is 8.87.